The number of para-hydroxylation sites is 1. The first kappa shape index (κ1) is 16.8. The molecule has 5 nitrogen and oxygen atoms in total. The lowest BCUT2D eigenvalue weighted by molar-refractivity contribution is -0.116. The number of carbonyl (C=O) groups is 1. The van der Waals surface area contributed by atoms with E-state index in [0.29, 0.717) is 23.7 Å². The summed E-state index contributed by atoms with van der Waals surface area (Å²) in [4.78, 5) is 16.4. The number of hydrogen-bond donors (Lipinski definition) is 1. The minimum atomic E-state index is -0.323. The molecule has 0 bridgehead atoms. The van der Waals surface area contributed by atoms with Gasteiger partial charge in [0.25, 0.3) is 0 Å². The SMILES string of the molecule is CCc1ccccc1NC(=O)CCc1nc(-c2ccc(F)cc2)no1. The van der Waals surface area contributed by atoms with Crippen LogP contribution in [-0.2, 0) is 17.6 Å². The number of aromatic nitrogens is 2. The van der Waals surface area contributed by atoms with Crippen LogP contribution in [0.1, 0.15) is 24.8 Å². The molecule has 1 aromatic heterocycles. The number of nitrogens with one attached hydrogen (secondary N) is 1. The minimum Gasteiger partial charge on any atom is -0.339 e. The standard InChI is InChI=1S/C19H18FN3O2/c1-2-13-5-3-4-6-16(13)21-17(24)11-12-18-22-19(23-25-18)14-7-9-15(20)10-8-14/h3-10H,2,11-12H2,1H3,(H,21,24). The molecule has 1 N–H and O–H groups in total. The van der Waals surface area contributed by atoms with Gasteiger partial charge in [-0.1, -0.05) is 30.3 Å². The topological polar surface area (TPSA) is 68.0 Å². The largest absolute Gasteiger partial charge is 0.339 e. The molecule has 0 atom stereocenters. The number of aryl methyl sites for hydroxylation is 2. The summed E-state index contributed by atoms with van der Waals surface area (Å²) in [6.45, 7) is 2.04. The average Bonchev–Trinajstić information content (AvgIpc) is 3.10. The molecule has 0 aliphatic rings. The van der Waals surface area contributed by atoms with Crippen LogP contribution >= 0.6 is 0 Å². The maximum Gasteiger partial charge on any atom is 0.227 e. The van der Waals surface area contributed by atoms with Crippen LogP contribution in [0.25, 0.3) is 11.4 Å². The fourth-order valence-electron chi connectivity index (χ4n) is 2.46. The highest BCUT2D eigenvalue weighted by Gasteiger charge is 2.11. The third kappa shape index (κ3) is 4.29. The van der Waals surface area contributed by atoms with Crippen molar-refractivity contribution in [1.82, 2.24) is 10.1 Å². The summed E-state index contributed by atoms with van der Waals surface area (Å²) in [7, 11) is 0. The highest BCUT2D eigenvalue weighted by molar-refractivity contribution is 5.91. The van der Waals surface area contributed by atoms with Crippen molar-refractivity contribution < 1.29 is 13.7 Å². The maximum absolute atomic E-state index is 12.9. The molecule has 3 rings (SSSR count). The normalized spacial score (nSPS) is 10.6. The van der Waals surface area contributed by atoms with E-state index in [9.17, 15) is 9.18 Å². The zero-order valence-electron chi connectivity index (χ0n) is 13.8. The van der Waals surface area contributed by atoms with Crippen molar-refractivity contribution in [1.29, 1.82) is 0 Å². The van der Waals surface area contributed by atoms with Crippen molar-refractivity contribution in [3.05, 3.63) is 65.8 Å². The molecule has 0 fully saturated rings. The fourth-order valence-corrected chi connectivity index (χ4v) is 2.46. The van der Waals surface area contributed by atoms with Gasteiger partial charge in [0.05, 0.1) is 0 Å². The van der Waals surface area contributed by atoms with Crippen LogP contribution in [-0.4, -0.2) is 16.0 Å². The van der Waals surface area contributed by atoms with Gasteiger partial charge in [0.2, 0.25) is 17.6 Å². The Morgan fingerprint density at radius 2 is 1.92 bits per heavy atom. The van der Waals surface area contributed by atoms with Crippen molar-refractivity contribution in [3.8, 4) is 11.4 Å². The van der Waals surface area contributed by atoms with E-state index in [4.69, 9.17) is 4.52 Å². The van der Waals surface area contributed by atoms with Gasteiger partial charge in [-0.3, -0.25) is 4.79 Å². The van der Waals surface area contributed by atoms with Gasteiger partial charge in [0.1, 0.15) is 5.82 Å². The number of amides is 1. The Morgan fingerprint density at radius 1 is 1.16 bits per heavy atom. The summed E-state index contributed by atoms with van der Waals surface area (Å²) in [6, 6.07) is 13.6. The molecule has 0 radical (unpaired) electrons. The van der Waals surface area contributed by atoms with Crippen LogP contribution in [0.3, 0.4) is 0 Å². The van der Waals surface area contributed by atoms with Gasteiger partial charge in [-0.25, -0.2) is 4.39 Å². The summed E-state index contributed by atoms with van der Waals surface area (Å²) in [5.41, 5.74) is 2.58. The number of rotatable bonds is 6. The number of anilines is 1. The van der Waals surface area contributed by atoms with Crippen molar-refractivity contribution >= 4 is 11.6 Å². The third-order valence-electron chi connectivity index (χ3n) is 3.81. The maximum atomic E-state index is 12.9. The van der Waals surface area contributed by atoms with E-state index in [2.05, 4.69) is 15.5 Å². The van der Waals surface area contributed by atoms with Crippen LogP contribution < -0.4 is 5.32 Å². The highest BCUT2D eigenvalue weighted by Crippen LogP contribution is 2.18. The highest BCUT2D eigenvalue weighted by atomic mass is 19.1. The quantitative estimate of drug-likeness (QED) is 0.737. The molecule has 0 aliphatic carbocycles. The summed E-state index contributed by atoms with van der Waals surface area (Å²) in [5.74, 6) is 0.323. The molecule has 25 heavy (non-hydrogen) atoms. The van der Waals surface area contributed by atoms with E-state index in [-0.39, 0.29) is 18.1 Å². The molecule has 1 amide bonds. The number of benzene rings is 2. The van der Waals surface area contributed by atoms with Crippen LogP contribution in [0.4, 0.5) is 10.1 Å². The van der Waals surface area contributed by atoms with Crippen molar-refractivity contribution in [2.24, 2.45) is 0 Å². The van der Waals surface area contributed by atoms with E-state index in [0.717, 1.165) is 17.7 Å². The van der Waals surface area contributed by atoms with Crippen LogP contribution in [0.15, 0.2) is 53.1 Å². The second-order valence-electron chi connectivity index (χ2n) is 5.58. The summed E-state index contributed by atoms with van der Waals surface area (Å²) >= 11 is 0. The van der Waals surface area contributed by atoms with E-state index in [1.807, 2.05) is 31.2 Å². The Balaban J connectivity index is 1.58. The van der Waals surface area contributed by atoms with Crippen LogP contribution in [0.2, 0.25) is 0 Å². The molecule has 0 aliphatic heterocycles. The van der Waals surface area contributed by atoms with E-state index < -0.39 is 0 Å². The third-order valence-corrected chi connectivity index (χ3v) is 3.81. The summed E-state index contributed by atoms with van der Waals surface area (Å²) in [5, 5.41) is 6.77. The van der Waals surface area contributed by atoms with Crippen LogP contribution in [0.5, 0.6) is 0 Å². The Morgan fingerprint density at radius 3 is 2.68 bits per heavy atom. The smallest absolute Gasteiger partial charge is 0.227 e. The Bertz CT molecular complexity index is 859. The molecule has 3 aromatic rings. The second-order valence-corrected chi connectivity index (χ2v) is 5.58. The zero-order valence-corrected chi connectivity index (χ0v) is 13.8. The average molecular weight is 339 g/mol. The molecule has 1 heterocycles. The summed E-state index contributed by atoms with van der Waals surface area (Å²) < 4.78 is 18.1. The lowest BCUT2D eigenvalue weighted by atomic mass is 10.1. The predicted molar refractivity (Wildman–Crippen MR) is 92.5 cm³/mol. The number of carbonyl (C=O) groups excluding carboxylic acids is 1. The van der Waals surface area contributed by atoms with E-state index >= 15 is 0 Å². The molecule has 0 saturated heterocycles. The lowest BCUT2D eigenvalue weighted by Gasteiger charge is -2.08. The Hall–Kier alpha value is -3.02. The van der Waals surface area contributed by atoms with Crippen LogP contribution in [0, 0.1) is 5.82 Å². The van der Waals surface area contributed by atoms with E-state index in [1.54, 1.807) is 12.1 Å². The predicted octanol–water partition coefficient (Wildman–Crippen LogP) is 4.01. The van der Waals surface area contributed by atoms with E-state index in [1.165, 1.54) is 12.1 Å². The van der Waals surface area contributed by atoms with Gasteiger partial charge in [0, 0.05) is 24.1 Å². The van der Waals surface area contributed by atoms with Gasteiger partial charge in [-0.2, -0.15) is 4.98 Å². The van der Waals surface area contributed by atoms with Gasteiger partial charge in [-0.15, -0.1) is 0 Å². The first-order chi connectivity index (χ1) is 12.2. The van der Waals surface area contributed by atoms with Crippen molar-refractivity contribution in [3.63, 3.8) is 0 Å². The molecular weight excluding hydrogens is 321 g/mol. The zero-order chi connectivity index (χ0) is 17.6. The molecule has 0 saturated carbocycles. The van der Waals surface area contributed by atoms with Gasteiger partial charge >= 0.3 is 0 Å². The molecule has 2 aromatic carbocycles. The monoisotopic (exact) mass is 339 g/mol. The van der Waals surface area contributed by atoms with Gasteiger partial charge in [0.15, 0.2) is 0 Å². The molecular formula is C19H18FN3O2. The number of hydrogen-bond acceptors (Lipinski definition) is 4. The summed E-state index contributed by atoms with van der Waals surface area (Å²) in [6.07, 6.45) is 1.43. The van der Waals surface area contributed by atoms with Crippen molar-refractivity contribution in [2.75, 3.05) is 5.32 Å². The lowest BCUT2D eigenvalue weighted by Crippen LogP contribution is -2.13. The molecule has 0 spiro atoms. The first-order valence-corrected chi connectivity index (χ1v) is 8.12. The Kier molecular flexibility index (Phi) is 5.18. The first-order valence-electron chi connectivity index (χ1n) is 8.12. The molecule has 0 unspecified atom stereocenters. The minimum absolute atomic E-state index is 0.109. The number of halogens is 1. The van der Waals surface area contributed by atoms with Gasteiger partial charge in [-0.05, 0) is 42.3 Å². The Labute approximate surface area is 144 Å². The molecule has 128 valence electrons. The van der Waals surface area contributed by atoms with Crippen molar-refractivity contribution in [2.45, 2.75) is 26.2 Å². The molecule has 6 heteroatoms. The fraction of sp³-hybridized carbons (Fsp3) is 0.211. The van der Waals surface area contributed by atoms with Gasteiger partial charge < -0.3 is 9.84 Å². The number of nitrogens with zero attached hydrogens (tertiary/aromatic N) is 2. The second kappa shape index (κ2) is 7.70.